The van der Waals surface area contributed by atoms with Crippen LogP contribution in [-0.4, -0.2) is 12.8 Å². The molecular weight excluding hydrogens is 268 g/mol. The molecule has 0 unspecified atom stereocenters. The predicted molar refractivity (Wildman–Crippen MR) is 81.1 cm³/mol. The van der Waals surface area contributed by atoms with Gasteiger partial charge >= 0.3 is 6.03 Å². The molecule has 0 aliphatic carbocycles. The van der Waals surface area contributed by atoms with Crippen molar-refractivity contribution in [2.24, 2.45) is 5.41 Å². The standard InChI is InChI=1S/C16H22N2O3/c1-11(16(2,3)4)8-17-15(19)18-9-12-5-6-13-14(7-12)21-10-20-13/h5-8H,9-10H2,1-4H3,(H2,17,18,19)/b11-8+. The van der Waals surface area contributed by atoms with Crippen LogP contribution in [0.1, 0.15) is 33.3 Å². The van der Waals surface area contributed by atoms with Gasteiger partial charge in [0.2, 0.25) is 6.79 Å². The summed E-state index contributed by atoms with van der Waals surface area (Å²) in [5, 5.41) is 5.55. The molecule has 1 aliphatic rings. The predicted octanol–water partition coefficient (Wildman–Crippen LogP) is 3.16. The molecule has 0 radical (unpaired) electrons. The molecule has 0 bridgehead atoms. The van der Waals surface area contributed by atoms with Crippen molar-refractivity contribution in [1.29, 1.82) is 0 Å². The number of nitrogens with one attached hydrogen (secondary N) is 2. The van der Waals surface area contributed by atoms with E-state index >= 15 is 0 Å². The van der Waals surface area contributed by atoms with Crippen LogP contribution < -0.4 is 20.1 Å². The van der Waals surface area contributed by atoms with E-state index < -0.39 is 0 Å². The summed E-state index contributed by atoms with van der Waals surface area (Å²) in [6.07, 6.45) is 1.75. The highest BCUT2D eigenvalue weighted by atomic mass is 16.7. The average Bonchev–Trinajstić information content (AvgIpc) is 2.88. The van der Waals surface area contributed by atoms with Crippen LogP contribution in [0.5, 0.6) is 11.5 Å². The van der Waals surface area contributed by atoms with Gasteiger partial charge in [-0.1, -0.05) is 32.4 Å². The summed E-state index contributed by atoms with van der Waals surface area (Å²) < 4.78 is 10.5. The number of amides is 2. The van der Waals surface area contributed by atoms with Crippen molar-refractivity contribution in [2.75, 3.05) is 6.79 Å². The number of fused-ring (bicyclic) bond motifs is 1. The Balaban J connectivity index is 1.84. The zero-order chi connectivity index (χ0) is 15.5. The lowest BCUT2D eigenvalue weighted by Gasteiger charge is -2.19. The summed E-state index contributed by atoms with van der Waals surface area (Å²) in [4.78, 5) is 11.8. The van der Waals surface area contributed by atoms with Crippen LogP contribution in [0.3, 0.4) is 0 Å². The lowest BCUT2D eigenvalue weighted by atomic mass is 9.88. The highest BCUT2D eigenvalue weighted by molar-refractivity contribution is 5.75. The third-order valence-electron chi connectivity index (χ3n) is 3.49. The molecule has 0 fully saturated rings. The van der Waals surface area contributed by atoms with Crippen LogP contribution in [0.2, 0.25) is 0 Å². The molecule has 1 aliphatic heterocycles. The Morgan fingerprint density at radius 3 is 2.71 bits per heavy atom. The summed E-state index contributed by atoms with van der Waals surface area (Å²) >= 11 is 0. The van der Waals surface area contributed by atoms with E-state index in [1.54, 1.807) is 6.20 Å². The Labute approximate surface area is 125 Å². The van der Waals surface area contributed by atoms with Gasteiger partial charge in [0.1, 0.15) is 0 Å². The van der Waals surface area contributed by atoms with E-state index in [0.717, 1.165) is 22.6 Å². The van der Waals surface area contributed by atoms with E-state index in [1.165, 1.54) is 0 Å². The average molecular weight is 290 g/mol. The topological polar surface area (TPSA) is 59.6 Å². The van der Waals surface area contributed by atoms with Crippen molar-refractivity contribution in [1.82, 2.24) is 10.6 Å². The van der Waals surface area contributed by atoms with Gasteiger partial charge in [-0.25, -0.2) is 4.79 Å². The molecule has 1 aromatic carbocycles. The number of benzene rings is 1. The fourth-order valence-corrected chi connectivity index (χ4v) is 1.67. The maximum absolute atomic E-state index is 11.8. The fraction of sp³-hybridized carbons (Fsp3) is 0.438. The minimum Gasteiger partial charge on any atom is -0.454 e. The van der Waals surface area contributed by atoms with E-state index in [2.05, 4.69) is 31.4 Å². The highest BCUT2D eigenvalue weighted by Crippen LogP contribution is 2.32. The minimum atomic E-state index is -0.226. The highest BCUT2D eigenvalue weighted by Gasteiger charge is 2.14. The van der Waals surface area contributed by atoms with E-state index in [9.17, 15) is 4.79 Å². The van der Waals surface area contributed by atoms with Crippen molar-refractivity contribution in [3.8, 4) is 11.5 Å². The number of allylic oxidation sites excluding steroid dienone is 1. The molecule has 1 aromatic rings. The van der Waals surface area contributed by atoms with Crippen LogP contribution in [0.25, 0.3) is 0 Å². The molecule has 2 amide bonds. The smallest absolute Gasteiger partial charge is 0.319 e. The van der Waals surface area contributed by atoms with Gasteiger partial charge in [-0.2, -0.15) is 0 Å². The van der Waals surface area contributed by atoms with Crippen LogP contribution >= 0.6 is 0 Å². The van der Waals surface area contributed by atoms with Crippen LogP contribution in [0.4, 0.5) is 4.79 Å². The van der Waals surface area contributed by atoms with E-state index in [1.807, 2.05) is 25.1 Å². The number of rotatable bonds is 3. The Morgan fingerprint density at radius 1 is 1.29 bits per heavy atom. The molecule has 1 heterocycles. The van der Waals surface area contributed by atoms with Crippen molar-refractivity contribution in [3.05, 3.63) is 35.5 Å². The van der Waals surface area contributed by atoms with Gasteiger partial charge in [0.15, 0.2) is 11.5 Å². The van der Waals surface area contributed by atoms with Crippen molar-refractivity contribution in [2.45, 2.75) is 34.2 Å². The molecule has 21 heavy (non-hydrogen) atoms. The number of ether oxygens (including phenoxy) is 2. The first-order valence-corrected chi connectivity index (χ1v) is 6.96. The van der Waals surface area contributed by atoms with E-state index in [-0.39, 0.29) is 18.2 Å². The Hall–Kier alpha value is -2.17. The van der Waals surface area contributed by atoms with Gasteiger partial charge in [0.25, 0.3) is 0 Å². The lowest BCUT2D eigenvalue weighted by Crippen LogP contribution is -2.32. The first-order valence-electron chi connectivity index (χ1n) is 6.96. The van der Waals surface area contributed by atoms with Gasteiger partial charge in [-0.05, 0) is 30.0 Å². The molecular formula is C16H22N2O3. The van der Waals surface area contributed by atoms with Crippen molar-refractivity contribution in [3.63, 3.8) is 0 Å². The Kier molecular flexibility index (Phi) is 4.40. The number of hydrogen-bond acceptors (Lipinski definition) is 3. The maximum atomic E-state index is 11.8. The molecule has 0 aromatic heterocycles. The Bertz CT molecular complexity index is 559. The normalized spacial score (nSPS) is 14.0. The summed E-state index contributed by atoms with van der Waals surface area (Å²) in [6, 6.07) is 5.40. The molecule has 5 nitrogen and oxygen atoms in total. The summed E-state index contributed by atoms with van der Waals surface area (Å²) in [6.45, 7) is 8.99. The molecule has 2 N–H and O–H groups in total. The van der Waals surface area contributed by atoms with Crippen LogP contribution in [0.15, 0.2) is 30.0 Å². The largest absolute Gasteiger partial charge is 0.454 e. The van der Waals surface area contributed by atoms with E-state index in [0.29, 0.717) is 6.54 Å². The molecule has 0 saturated heterocycles. The fourth-order valence-electron chi connectivity index (χ4n) is 1.67. The van der Waals surface area contributed by atoms with Gasteiger partial charge in [0, 0.05) is 12.7 Å². The monoisotopic (exact) mass is 290 g/mol. The molecule has 2 rings (SSSR count). The summed E-state index contributed by atoms with van der Waals surface area (Å²) in [5.41, 5.74) is 2.12. The quantitative estimate of drug-likeness (QED) is 0.899. The second kappa shape index (κ2) is 6.08. The van der Waals surface area contributed by atoms with Gasteiger partial charge in [0.05, 0.1) is 0 Å². The first kappa shape index (κ1) is 15.2. The van der Waals surface area contributed by atoms with Crippen LogP contribution in [-0.2, 0) is 6.54 Å². The minimum absolute atomic E-state index is 0.0462. The van der Waals surface area contributed by atoms with Gasteiger partial charge in [-0.3, -0.25) is 0 Å². The molecule has 0 atom stereocenters. The zero-order valence-corrected chi connectivity index (χ0v) is 12.9. The number of carbonyl (C=O) groups excluding carboxylic acids is 1. The first-order chi connectivity index (χ1) is 9.86. The lowest BCUT2D eigenvalue weighted by molar-refractivity contribution is 0.174. The second-order valence-electron chi connectivity index (χ2n) is 6.09. The SMILES string of the molecule is C/C(=C\NC(=O)NCc1ccc2c(c1)OCO2)C(C)(C)C. The third-order valence-corrected chi connectivity index (χ3v) is 3.49. The molecule has 114 valence electrons. The van der Waals surface area contributed by atoms with E-state index in [4.69, 9.17) is 9.47 Å². The van der Waals surface area contributed by atoms with Gasteiger partial charge in [-0.15, -0.1) is 0 Å². The number of urea groups is 1. The third kappa shape index (κ3) is 4.15. The Morgan fingerprint density at radius 2 is 2.00 bits per heavy atom. The van der Waals surface area contributed by atoms with Crippen LogP contribution in [0, 0.1) is 5.41 Å². The molecule has 0 saturated carbocycles. The van der Waals surface area contributed by atoms with Crippen molar-refractivity contribution >= 4 is 6.03 Å². The maximum Gasteiger partial charge on any atom is 0.319 e. The number of carbonyl (C=O) groups is 1. The zero-order valence-electron chi connectivity index (χ0n) is 12.9. The molecule has 5 heteroatoms. The van der Waals surface area contributed by atoms with Gasteiger partial charge < -0.3 is 20.1 Å². The number of hydrogen-bond donors (Lipinski definition) is 2. The summed E-state index contributed by atoms with van der Waals surface area (Å²) in [7, 11) is 0. The summed E-state index contributed by atoms with van der Waals surface area (Å²) in [5.74, 6) is 1.46. The second-order valence-corrected chi connectivity index (χ2v) is 6.09. The van der Waals surface area contributed by atoms with Crippen molar-refractivity contribution < 1.29 is 14.3 Å². The molecule has 0 spiro atoms.